The maximum Gasteiger partial charge on any atom is 0.361 e. The zero-order valence-corrected chi connectivity index (χ0v) is 10.2. The van der Waals surface area contributed by atoms with E-state index in [9.17, 15) is 0 Å². The second-order valence-electron chi connectivity index (χ2n) is 4.07. The molecule has 0 amide bonds. The Morgan fingerprint density at radius 2 is 1.29 bits per heavy atom. The van der Waals surface area contributed by atoms with Crippen molar-refractivity contribution in [2.24, 2.45) is 0 Å². The molecule has 0 aromatic heterocycles. The van der Waals surface area contributed by atoms with Crippen LogP contribution in [0.25, 0.3) is 0 Å². The molecule has 0 saturated heterocycles. The maximum atomic E-state index is 5.96. The lowest BCUT2D eigenvalue weighted by atomic mass is 9.55. The van der Waals surface area contributed by atoms with Gasteiger partial charge < -0.3 is 4.65 Å². The van der Waals surface area contributed by atoms with E-state index in [1.165, 1.54) is 10.9 Å². The molecule has 0 aliphatic carbocycles. The van der Waals surface area contributed by atoms with Crippen LogP contribution in [0, 0.1) is 0 Å². The first kappa shape index (κ1) is 11.9. The van der Waals surface area contributed by atoms with E-state index < -0.39 is 0 Å². The largest absolute Gasteiger partial charge is 0.427 e. The van der Waals surface area contributed by atoms with E-state index in [-0.39, 0.29) is 6.92 Å². The summed E-state index contributed by atoms with van der Waals surface area (Å²) < 4.78 is 5.96. The van der Waals surface area contributed by atoms with E-state index in [1.807, 2.05) is 12.1 Å². The third-order valence-corrected chi connectivity index (χ3v) is 2.69. The molecule has 2 aromatic carbocycles. The summed E-state index contributed by atoms with van der Waals surface area (Å²) in [6, 6.07) is 20.8. The molecule has 0 fully saturated rings. The highest BCUT2D eigenvalue weighted by Crippen LogP contribution is 1.95. The molecule has 0 unspecified atom stereocenters. The van der Waals surface area contributed by atoms with Crippen LogP contribution in [0.5, 0.6) is 0 Å². The van der Waals surface area contributed by atoms with Crippen LogP contribution in [0.15, 0.2) is 60.7 Å². The Morgan fingerprint density at radius 3 is 1.71 bits per heavy atom. The Kier molecular flexibility index (Phi) is 4.40. The van der Waals surface area contributed by atoms with E-state index in [0.29, 0.717) is 0 Å². The van der Waals surface area contributed by atoms with Gasteiger partial charge in [0.1, 0.15) is 0 Å². The van der Waals surface area contributed by atoms with Crippen LogP contribution < -0.4 is 10.9 Å². The van der Waals surface area contributed by atoms with Crippen molar-refractivity contribution in [3.05, 3.63) is 60.7 Å². The van der Waals surface area contributed by atoms with Gasteiger partial charge in [-0.05, 0) is 17.3 Å². The zero-order chi connectivity index (χ0) is 11.9. The summed E-state index contributed by atoms with van der Waals surface area (Å²) in [5.41, 5.74) is 2.43. The minimum Gasteiger partial charge on any atom is -0.427 e. The molecule has 86 valence electrons. The van der Waals surface area contributed by atoms with Crippen LogP contribution in [0.4, 0.5) is 0 Å². The van der Waals surface area contributed by atoms with Crippen molar-refractivity contribution in [3.63, 3.8) is 0 Å². The topological polar surface area (TPSA) is 9.23 Å². The Hall–Kier alpha value is -1.54. The van der Waals surface area contributed by atoms with Crippen molar-refractivity contribution < 1.29 is 4.65 Å². The molecule has 2 heteroatoms. The number of hydrogen-bond acceptors (Lipinski definition) is 1. The lowest BCUT2D eigenvalue weighted by molar-refractivity contribution is 0.333. The SMILES string of the molecule is CCCOB(c1ccccc1)c1ccccc1. The first-order valence-corrected chi connectivity index (χ1v) is 6.13. The molecule has 0 atom stereocenters. The summed E-state index contributed by atoms with van der Waals surface area (Å²) in [6.07, 6.45) is 1.04. The molecule has 0 spiro atoms. The fraction of sp³-hybridized carbons (Fsp3) is 0.200. The van der Waals surface area contributed by atoms with E-state index in [1.54, 1.807) is 0 Å². The van der Waals surface area contributed by atoms with Crippen LogP contribution in [0.2, 0.25) is 0 Å². The van der Waals surface area contributed by atoms with Gasteiger partial charge in [0.25, 0.3) is 0 Å². The Bertz CT molecular complexity index is 388. The highest BCUT2D eigenvalue weighted by Gasteiger charge is 2.19. The second kappa shape index (κ2) is 6.26. The fourth-order valence-corrected chi connectivity index (χ4v) is 1.88. The average molecular weight is 224 g/mol. The predicted octanol–water partition coefficient (Wildman–Crippen LogP) is 2.22. The highest BCUT2D eigenvalue weighted by atomic mass is 16.4. The van der Waals surface area contributed by atoms with Gasteiger partial charge in [0.05, 0.1) is 0 Å². The third-order valence-electron chi connectivity index (χ3n) is 2.69. The van der Waals surface area contributed by atoms with Crippen LogP contribution in [-0.2, 0) is 4.65 Å². The molecule has 1 nitrogen and oxygen atoms in total. The van der Waals surface area contributed by atoms with Crippen LogP contribution in [0.3, 0.4) is 0 Å². The maximum absolute atomic E-state index is 5.96. The third kappa shape index (κ3) is 3.21. The van der Waals surface area contributed by atoms with E-state index in [2.05, 4.69) is 55.5 Å². The number of benzene rings is 2. The van der Waals surface area contributed by atoms with Gasteiger partial charge in [-0.3, -0.25) is 0 Å². The minimum atomic E-state index is 0.0531. The van der Waals surface area contributed by atoms with Gasteiger partial charge in [0.15, 0.2) is 0 Å². The van der Waals surface area contributed by atoms with Gasteiger partial charge in [0.2, 0.25) is 0 Å². The monoisotopic (exact) mass is 224 g/mol. The summed E-state index contributed by atoms with van der Waals surface area (Å²) in [4.78, 5) is 0. The summed E-state index contributed by atoms with van der Waals surface area (Å²) in [5.74, 6) is 0. The molecule has 0 aliphatic rings. The molecule has 0 N–H and O–H groups in total. The molecule has 0 heterocycles. The standard InChI is InChI=1S/C15H17BO/c1-2-13-17-16(14-9-5-3-6-10-14)15-11-7-4-8-12-15/h3-12H,2,13H2,1H3. The molecule has 0 bridgehead atoms. The van der Waals surface area contributed by atoms with Gasteiger partial charge in [-0.25, -0.2) is 0 Å². The van der Waals surface area contributed by atoms with Gasteiger partial charge in [0, 0.05) is 6.61 Å². The first-order chi connectivity index (χ1) is 8.42. The quantitative estimate of drug-likeness (QED) is 0.707. The van der Waals surface area contributed by atoms with Crippen molar-refractivity contribution in [2.75, 3.05) is 6.61 Å². The Labute approximate surface area is 104 Å². The first-order valence-electron chi connectivity index (χ1n) is 6.13. The summed E-state index contributed by atoms with van der Waals surface area (Å²) in [5, 5.41) is 0. The van der Waals surface area contributed by atoms with Crippen LogP contribution >= 0.6 is 0 Å². The van der Waals surface area contributed by atoms with Gasteiger partial charge in [-0.2, -0.15) is 0 Å². The fourth-order valence-electron chi connectivity index (χ4n) is 1.88. The van der Waals surface area contributed by atoms with Crippen molar-refractivity contribution in [3.8, 4) is 0 Å². The predicted molar refractivity (Wildman–Crippen MR) is 74.1 cm³/mol. The van der Waals surface area contributed by atoms with E-state index in [0.717, 1.165) is 13.0 Å². The van der Waals surface area contributed by atoms with Crippen molar-refractivity contribution >= 4 is 17.8 Å². The molecule has 2 rings (SSSR count). The number of rotatable bonds is 5. The lowest BCUT2D eigenvalue weighted by Crippen LogP contribution is -2.45. The molecule has 0 saturated carbocycles. The van der Waals surface area contributed by atoms with Crippen molar-refractivity contribution in [2.45, 2.75) is 13.3 Å². The van der Waals surface area contributed by atoms with Gasteiger partial charge in [-0.1, -0.05) is 67.6 Å². The summed E-state index contributed by atoms with van der Waals surface area (Å²) >= 11 is 0. The number of hydrogen-bond donors (Lipinski definition) is 0. The highest BCUT2D eigenvalue weighted by molar-refractivity contribution is 6.80. The molecule has 0 radical (unpaired) electrons. The van der Waals surface area contributed by atoms with Gasteiger partial charge >= 0.3 is 6.92 Å². The normalized spacial score (nSPS) is 10.2. The molecule has 17 heavy (non-hydrogen) atoms. The summed E-state index contributed by atoms with van der Waals surface area (Å²) in [6.45, 7) is 2.97. The van der Waals surface area contributed by atoms with Crippen molar-refractivity contribution in [1.82, 2.24) is 0 Å². The molecule has 0 aliphatic heterocycles. The zero-order valence-electron chi connectivity index (χ0n) is 10.2. The minimum absolute atomic E-state index is 0.0531. The lowest BCUT2D eigenvalue weighted by Gasteiger charge is -2.14. The molecule has 2 aromatic rings. The van der Waals surface area contributed by atoms with Gasteiger partial charge in [-0.15, -0.1) is 0 Å². The Morgan fingerprint density at radius 1 is 0.824 bits per heavy atom. The Balaban J connectivity index is 2.26. The van der Waals surface area contributed by atoms with E-state index >= 15 is 0 Å². The molecular formula is C15H17BO. The van der Waals surface area contributed by atoms with Crippen LogP contribution in [0.1, 0.15) is 13.3 Å². The van der Waals surface area contributed by atoms with Crippen molar-refractivity contribution in [1.29, 1.82) is 0 Å². The molecular weight excluding hydrogens is 207 g/mol. The summed E-state index contributed by atoms with van der Waals surface area (Å²) in [7, 11) is 0. The smallest absolute Gasteiger partial charge is 0.361 e. The second-order valence-corrected chi connectivity index (χ2v) is 4.07. The van der Waals surface area contributed by atoms with E-state index in [4.69, 9.17) is 4.65 Å². The average Bonchev–Trinajstić information content (AvgIpc) is 2.42. The van der Waals surface area contributed by atoms with Crippen LogP contribution in [-0.4, -0.2) is 13.5 Å².